The number of aromatic nitrogens is 2. The summed E-state index contributed by atoms with van der Waals surface area (Å²) in [5, 5.41) is 9.99. The van der Waals surface area contributed by atoms with E-state index in [4.69, 9.17) is 0 Å². The predicted molar refractivity (Wildman–Crippen MR) is 54.7 cm³/mol. The van der Waals surface area contributed by atoms with E-state index in [1.165, 1.54) is 0 Å². The molecular weight excluding hydrogens is 248 g/mol. The number of rotatable bonds is 3. The van der Waals surface area contributed by atoms with Crippen LogP contribution in [-0.4, -0.2) is 34.8 Å². The highest BCUT2D eigenvalue weighted by molar-refractivity contribution is 9.10. The van der Waals surface area contributed by atoms with E-state index in [2.05, 4.69) is 31.7 Å². The molecule has 0 aliphatic carbocycles. The van der Waals surface area contributed by atoms with Crippen molar-refractivity contribution < 1.29 is 4.79 Å². The van der Waals surface area contributed by atoms with Crippen molar-refractivity contribution in [3.63, 3.8) is 0 Å². The fraction of sp³-hybridized carbons (Fsp3) is 0.500. The van der Waals surface area contributed by atoms with Crippen LogP contribution in [0.1, 0.15) is 0 Å². The maximum atomic E-state index is 11.4. The molecule has 1 aromatic heterocycles. The first kappa shape index (κ1) is 9.67. The molecule has 1 fully saturated rings. The SMILES string of the molecule is O=C(Cn1cc(Br)cn1)NC1CNC1. The van der Waals surface area contributed by atoms with Crippen LogP contribution in [0.5, 0.6) is 0 Å². The molecule has 76 valence electrons. The van der Waals surface area contributed by atoms with Crippen molar-refractivity contribution in [1.29, 1.82) is 0 Å². The van der Waals surface area contributed by atoms with Crippen LogP contribution >= 0.6 is 15.9 Å². The minimum absolute atomic E-state index is 0.00657. The fourth-order valence-corrected chi connectivity index (χ4v) is 1.56. The second kappa shape index (κ2) is 4.10. The highest BCUT2D eigenvalue weighted by atomic mass is 79.9. The normalized spacial score (nSPS) is 16.4. The van der Waals surface area contributed by atoms with Gasteiger partial charge in [-0.2, -0.15) is 5.10 Å². The average molecular weight is 259 g/mol. The number of carbonyl (C=O) groups is 1. The summed E-state index contributed by atoms with van der Waals surface area (Å²) in [4.78, 5) is 11.4. The first-order chi connectivity index (χ1) is 6.74. The van der Waals surface area contributed by atoms with Gasteiger partial charge in [0.1, 0.15) is 6.54 Å². The molecule has 1 aromatic rings. The number of halogens is 1. The van der Waals surface area contributed by atoms with E-state index < -0.39 is 0 Å². The standard InChI is InChI=1S/C8H11BrN4O/c9-6-1-11-13(4-6)5-8(14)12-7-2-10-3-7/h1,4,7,10H,2-3,5H2,(H,12,14). The van der Waals surface area contributed by atoms with E-state index in [1.54, 1.807) is 17.1 Å². The van der Waals surface area contributed by atoms with Crippen molar-refractivity contribution in [2.45, 2.75) is 12.6 Å². The molecule has 0 aromatic carbocycles. The van der Waals surface area contributed by atoms with Crippen LogP contribution in [0.3, 0.4) is 0 Å². The fourth-order valence-electron chi connectivity index (χ4n) is 1.24. The van der Waals surface area contributed by atoms with Crippen molar-refractivity contribution in [2.75, 3.05) is 13.1 Å². The Hall–Kier alpha value is -0.880. The van der Waals surface area contributed by atoms with Gasteiger partial charge in [-0.1, -0.05) is 0 Å². The summed E-state index contributed by atoms with van der Waals surface area (Å²) in [6.45, 7) is 2.02. The Morgan fingerprint density at radius 2 is 2.57 bits per heavy atom. The average Bonchev–Trinajstić information content (AvgIpc) is 2.44. The predicted octanol–water partition coefficient (Wildman–Crippen LogP) is -0.266. The van der Waals surface area contributed by atoms with Gasteiger partial charge in [0, 0.05) is 19.3 Å². The summed E-state index contributed by atoms with van der Waals surface area (Å²) in [5.41, 5.74) is 0. The van der Waals surface area contributed by atoms with Crippen LogP contribution in [0.25, 0.3) is 0 Å². The Bertz CT molecular complexity index is 334. The molecular formula is C8H11BrN4O. The zero-order valence-corrected chi connectivity index (χ0v) is 9.12. The van der Waals surface area contributed by atoms with Crippen LogP contribution in [0.4, 0.5) is 0 Å². The molecule has 0 unspecified atom stereocenters. The monoisotopic (exact) mass is 258 g/mol. The van der Waals surface area contributed by atoms with Gasteiger partial charge < -0.3 is 10.6 Å². The molecule has 1 amide bonds. The Morgan fingerprint density at radius 1 is 1.79 bits per heavy atom. The minimum Gasteiger partial charge on any atom is -0.349 e. The summed E-state index contributed by atoms with van der Waals surface area (Å²) >= 11 is 3.27. The Labute approximate surface area is 90.0 Å². The molecule has 2 rings (SSSR count). The van der Waals surface area contributed by atoms with Crippen LogP contribution < -0.4 is 10.6 Å². The van der Waals surface area contributed by atoms with Gasteiger partial charge in [0.05, 0.1) is 16.7 Å². The van der Waals surface area contributed by atoms with Gasteiger partial charge in [0.25, 0.3) is 0 Å². The Kier molecular flexibility index (Phi) is 2.83. The molecule has 0 radical (unpaired) electrons. The third-order valence-corrected chi connectivity index (χ3v) is 2.46. The van der Waals surface area contributed by atoms with Gasteiger partial charge in [-0.05, 0) is 15.9 Å². The molecule has 0 spiro atoms. The number of carbonyl (C=O) groups excluding carboxylic acids is 1. The molecule has 0 bridgehead atoms. The van der Waals surface area contributed by atoms with Crippen molar-refractivity contribution in [2.24, 2.45) is 0 Å². The smallest absolute Gasteiger partial charge is 0.242 e. The van der Waals surface area contributed by atoms with Gasteiger partial charge in [-0.25, -0.2) is 0 Å². The van der Waals surface area contributed by atoms with E-state index in [1.807, 2.05) is 0 Å². The lowest BCUT2D eigenvalue weighted by molar-refractivity contribution is -0.122. The van der Waals surface area contributed by atoms with Gasteiger partial charge >= 0.3 is 0 Å². The second-order valence-electron chi connectivity index (χ2n) is 3.28. The molecule has 1 aliphatic heterocycles. The Balaban J connectivity index is 1.81. The Morgan fingerprint density at radius 3 is 3.07 bits per heavy atom. The topological polar surface area (TPSA) is 59.0 Å². The largest absolute Gasteiger partial charge is 0.349 e. The number of nitrogens with one attached hydrogen (secondary N) is 2. The molecule has 2 heterocycles. The molecule has 5 nitrogen and oxygen atoms in total. The molecule has 0 saturated carbocycles. The molecule has 2 N–H and O–H groups in total. The summed E-state index contributed by atoms with van der Waals surface area (Å²) < 4.78 is 2.49. The molecule has 1 saturated heterocycles. The van der Waals surface area contributed by atoms with E-state index in [-0.39, 0.29) is 12.5 Å². The summed E-state index contributed by atoms with van der Waals surface area (Å²) in [6.07, 6.45) is 3.44. The lowest BCUT2D eigenvalue weighted by Crippen LogP contribution is -2.57. The van der Waals surface area contributed by atoms with E-state index >= 15 is 0 Å². The summed E-state index contributed by atoms with van der Waals surface area (Å²) in [6, 6.07) is 0.293. The summed E-state index contributed by atoms with van der Waals surface area (Å²) in [5.74, 6) is 0.00657. The van der Waals surface area contributed by atoms with Gasteiger partial charge in [0.15, 0.2) is 0 Å². The second-order valence-corrected chi connectivity index (χ2v) is 4.19. The van der Waals surface area contributed by atoms with Crippen molar-refractivity contribution >= 4 is 21.8 Å². The van der Waals surface area contributed by atoms with E-state index in [0.717, 1.165) is 17.6 Å². The lowest BCUT2D eigenvalue weighted by atomic mass is 10.2. The zero-order valence-electron chi connectivity index (χ0n) is 7.53. The first-order valence-corrected chi connectivity index (χ1v) is 5.21. The molecule has 14 heavy (non-hydrogen) atoms. The molecule has 0 atom stereocenters. The maximum Gasteiger partial charge on any atom is 0.242 e. The van der Waals surface area contributed by atoms with Gasteiger partial charge in [-0.15, -0.1) is 0 Å². The highest BCUT2D eigenvalue weighted by Gasteiger charge is 2.18. The van der Waals surface area contributed by atoms with Crippen LogP contribution in [0.2, 0.25) is 0 Å². The number of amides is 1. The zero-order chi connectivity index (χ0) is 9.97. The quantitative estimate of drug-likeness (QED) is 0.785. The number of hydrogen-bond donors (Lipinski definition) is 2. The first-order valence-electron chi connectivity index (χ1n) is 4.42. The third kappa shape index (κ3) is 2.33. The minimum atomic E-state index is 0.00657. The maximum absolute atomic E-state index is 11.4. The van der Waals surface area contributed by atoms with Crippen molar-refractivity contribution in [3.8, 4) is 0 Å². The number of hydrogen-bond acceptors (Lipinski definition) is 3. The van der Waals surface area contributed by atoms with Crippen molar-refractivity contribution in [1.82, 2.24) is 20.4 Å². The van der Waals surface area contributed by atoms with Crippen LogP contribution in [0.15, 0.2) is 16.9 Å². The molecule has 1 aliphatic rings. The van der Waals surface area contributed by atoms with Crippen LogP contribution in [-0.2, 0) is 11.3 Å². The number of nitrogens with zero attached hydrogens (tertiary/aromatic N) is 2. The summed E-state index contributed by atoms with van der Waals surface area (Å²) in [7, 11) is 0. The van der Waals surface area contributed by atoms with Gasteiger partial charge in [-0.3, -0.25) is 9.48 Å². The van der Waals surface area contributed by atoms with Gasteiger partial charge in [0.2, 0.25) is 5.91 Å². The van der Waals surface area contributed by atoms with E-state index in [9.17, 15) is 4.79 Å². The van der Waals surface area contributed by atoms with E-state index in [0.29, 0.717) is 6.04 Å². The highest BCUT2D eigenvalue weighted by Crippen LogP contribution is 2.05. The van der Waals surface area contributed by atoms with Crippen LogP contribution in [0, 0.1) is 0 Å². The third-order valence-electron chi connectivity index (χ3n) is 2.05. The van der Waals surface area contributed by atoms with Crippen molar-refractivity contribution in [3.05, 3.63) is 16.9 Å². The molecule has 6 heteroatoms. The lowest BCUT2D eigenvalue weighted by Gasteiger charge is -2.27.